The molecule has 1 aromatic heterocycles. The number of nitrogens with zero attached hydrogens (tertiary/aromatic N) is 4. The van der Waals surface area contributed by atoms with Gasteiger partial charge in [0.05, 0.1) is 42.4 Å². The Balaban J connectivity index is 1.40. The SMILES string of the molecule is O=S(=O)(c1ccc2c(c1)nc(SCc1cccc(Cl)c1)n2CCCN1CCOCC1)N1CCOCC1. The van der Waals surface area contributed by atoms with E-state index in [2.05, 4.69) is 15.5 Å². The van der Waals surface area contributed by atoms with E-state index in [1.165, 1.54) is 4.31 Å². The minimum atomic E-state index is -3.58. The van der Waals surface area contributed by atoms with Gasteiger partial charge in [-0.05, 0) is 42.3 Å². The molecule has 36 heavy (non-hydrogen) atoms. The second-order valence-electron chi connectivity index (χ2n) is 8.94. The molecule has 5 rings (SSSR count). The second kappa shape index (κ2) is 11.8. The molecule has 2 saturated heterocycles. The van der Waals surface area contributed by atoms with Gasteiger partial charge in [-0.2, -0.15) is 4.31 Å². The zero-order valence-corrected chi connectivity index (χ0v) is 22.5. The van der Waals surface area contributed by atoms with E-state index in [1.807, 2.05) is 24.3 Å². The van der Waals surface area contributed by atoms with Crippen molar-refractivity contribution in [2.75, 3.05) is 59.2 Å². The van der Waals surface area contributed by atoms with Crippen molar-refractivity contribution in [3.63, 3.8) is 0 Å². The molecule has 0 bridgehead atoms. The molecule has 0 atom stereocenters. The number of imidazole rings is 1. The van der Waals surface area contributed by atoms with Gasteiger partial charge in [0.1, 0.15) is 0 Å². The molecule has 2 aliphatic heterocycles. The lowest BCUT2D eigenvalue weighted by atomic mass is 10.2. The summed E-state index contributed by atoms with van der Waals surface area (Å²) in [5, 5.41) is 1.60. The van der Waals surface area contributed by atoms with Crippen molar-refractivity contribution >= 4 is 44.4 Å². The molecule has 3 heterocycles. The molecule has 11 heteroatoms. The van der Waals surface area contributed by atoms with E-state index in [4.69, 9.17) is 26.1 Å². The van der Waals surface area contributed by atoms with Crippen LogP contribution in [0.25, 0.3) is 11.0 Å². The lowest BCUT2D eigenvalue weighted by Crippen LogP contribution is -2.40. The number of sulfonamides is 1. The number of ether oxygens (including phenoxy) is 2. The van der Waals surface area contributed by atoms with E-state index < -0.39 is 10.0 Å². The van der Waals surface area contributed by atoms with E-state index >= 15 is 0 Å². The van der Waals surface area contributed by atoms with Gasteiger partial charge in [0.25, 0.3) is 0 Å². The Hall–Kier alpha value is -1.66. The van der Waals surface area contributed by atoms with E-state index in [-0.39, 0.29) is 4.90 Å². The smallest absolute Gasteiger partial charge is 0.243 e. The van der Waals surface area contributed by atoms with Gasteiger partial charge in [-0.1, -0.05) is 35.5 Å². The average molecular weight is 551 g/mol. The van der Waals surface area contributed by atoms with Crippen molar-refractivity contribution in [2.24, 2.45) is 0 Å². The van der Waals surface area contributed by atoms with Crippen LogP contribution in [0.5, 0.6) is 0 Å². The molecule has 194 valence electrons. The molecule has 0 saturated carbocycles. The summed E-state index contributed by atoms with van der Waals surface area (Å²) in [6, 6.07) is 13.2. The Kier molecular flexibility index (Phi) is 8.52. The molecule has 0 amide bonds. The van der Waals surface area contributed by atoms with E-state index in [1.54, 1.807) is 23.9 Å². The number of morpholine rings is 2. The van der Waals surface area contributed by atoms with Crippen molar-refractivity contribution in [1.29, 1.82) is 0 Å². The highest BCUT2D eigenvalue weighted by molar-refractivity contribution is 7.98. The Labute approximate surface area is 221 Å². The van der Waals surface area contributed by atoms with Crippen LogP contribution in [0.15, 0.2) is 52.5 Å². The molecule has 0 unspecified atom stereocenters. The predicted octanol–water partition coefficient (Wildman–Crippen LogP) is 3.73. The molecule has 0 N–H and O–H groups in total. The molecule has 8 nitrogen and oxygen atoms in total. The maximum absolute atomic E-state index is 13.2. The highest BCUT2D eigenvalue weighted by Crippen LogP contribution is 2.30. The molecule has 0 aliphatic carbocycles. The Morgan fingerprint density at radius 3 is 2.44 bits per heavy atom. The van der Waals surface area contributed by atoms with E-state index in [0.29, 0.717) is 36.8 Å². The van der Waals surface area contributed by atoms with Gasteiger partial charge in [0, 0.05) is 50.0 Å². The normalized spacial score (nSPS) is 18.1. The first-order chi connectivity index (χ1) is 17.5. The summed E-state index contributed by atoms with van der Waals surface area (Å²) in [6.07, 6.45) is 0.976. The van der Waals surface area contributed by atoms with Crippen molar-refractivity contribution in [2.45, 2.75) is 28.8 Å². The Morgan fingerprint density at radius 1 is 0.944 bits per heavy atom. The third-order valence-corrected chi connectivity index (χ3v) is 9.69. The number of aryl methyl sites for hydroxylation is 1. The van der Waals surface area contributed by atoms with Crippen LogP contribution in [0.3, 0.4) is 0 Å². The van der Waals surface area contributed by atoms with Crippen LogP contribution < -0.4 is 0 Å². The lowest BCUT2D eigenvalue weighted by molar-refractivity contribution is 0.0369. The van der Waals surface area contributed by atoms with Crippen LogP contribution in [0, 0.1) is 0 Å². The number of halogens is 1. The van der Waals surface area contributed by atoms with Crippen molar-refractivity contribution in [3.05, 3.63) is 53.1 Å². The minimum absolute atomic E-state index is 0.279. The first-order valence-electron chi connectivity index (χ1n) is 12.3. The summed E-state index contributed by atoms with van der Waals surface area (Å²) in [6.45, 7) is 6.88. The minimum Gasteiger partial charge on any atom is -0.379 e. The quantitative estimate of drug-likeness (QED) is 0.376. The van der Waals surface area contributed by atoms with Crippen LogP contribution in [-0.4, -0.2) is 86.3 Å². The van der Waals surface area contributed by atoms with Crippen LogP contribution >= 0.6 is 23.4 Å². The number of fused-ring (bicyclic) bond motifs is 1. The molecule has 3 aromatic rings. The Morgan fingerprint density at radius 2 is 1.69 bits per heavy atom. The number of hydrogen-bond donors (Lipinski definition) is 0. The van der Waals surface area contributed by atoms with Crippen LogP contribution in [0.2, 0.25) is 5.02 Å². The van der Waals surface area contributed by atoms with E-state index in [0.717, 1.165) is 67.8 Å². The molecule has 2 aliphatic rings. The summed E-state index contributed by atoms with van der Waals surface area (Å²) in [7, 11) is -3.58. The number of thioether (sulfide) groups is 1. The van der Waals surface area contributed by atoms with Gasteiger partial charge in [-0.25, -0.2) is 13.4 Å². The van der Waals surface area contributed by atoms with Gasteiger partial charge in [0.15, 0.2) is 5.16 Å². The lowest BCUT2D eigenvalue weighted by Gasteiger charge is -2.26. The first-order valence-corrected chi connectivity index (χ1v) is 15.1. The van der Waals surface area contributed by atoms with Crippen LogP contribution in [-0.2, 0) is 31.8 Å². The maximum Gasteiger partial charge on any atom is 0.243 e. The third kappa shape index (κ3) is 6.07. The standard InChI is InChI=1S/C25H31ClN4O4S2/c26-21-4-1-3-20(17-21)19-35-25-27-23-18-22(36(31,32)29-11-15-34-16-12-29)5-6-24(23)30(25)8-2-7-28-9-13-33-14-10-28/h1,3-6,17-18H,2,7-16,19H2. The fraction of sp³-hybridized carbons (Fsp3) is 0.480. The number of rotatable bonds is 9. The van der Waals surface area contributed by atoms with Crippen LogP contribution in [0.4, 0.5) is 0 Å². The molecule has 2 fully saturated rings. The van der Waals surface area contributed by atoms with Gasteiger partial charge in [-0.3, -0.25) is 4.90 Å². The van der Waals surface area contributed by atoms with E-state index in [9.17, 15) is 8.42 Å². The summed E-state index contributed by atoms with van der Waals surface area (Å²) >= 11 is 7.82. The van der Waals surface area contributed by atoms with Crippen molar-refractivity contribution in [1.82, 2.24) is 18.8 Å². The van der Waals surface area contributed by atoms with Gasteiger partial charge >= 0.3 is 0 Å². The highest BCUT2D eigenvalue weighted by Gasteiger charge is 2.27. The summed E-state index contributed by atoms with van der Waals surface area (Å²) in [5.41, 5.74) is 2.77. The monoisotopic (exact) mass is 550 g/mol. The second-order valence-corrected chi connectivity index (χ2v) is 12.3. The summed E-state index contributed by atoms with van der Waals surface area (Å²) in [5.74, 6) is 0.728. The largest absolute Gasteiger partial charge is 0.379 e. The van der Waals surface area contributed by atoms with Crippen LogP contribution in [0.1, 0.15) is 12.0 Å². The highest BCUT2D eigenvalue weighted by atomic mass is 35.5. The first kappa shape index (κ1) is 26.0. The molecular weight excluding hydrogens is 520 g/mol. The summed E-state index contributed by atoms with van der Waals surface area (Å²) < 4.78 is 40.9. The average Bonchev–Trinajstić information content (AvgIpc) is 3.25. The van der Waals surface area contributed by atoms with Gasteiger partial charge in [0.2, 0.25) is 10.0 Å². The summed E-state index contributed by atoms with van der Waals surface area (Å²) in [4.78, 5) is 7.59. The van der Waals surface area contributed by atoms with Gasteiger partial charge in [-0.15, -0.1) is 0 Å². The molecule has 0 spiro atoms. The fourth-order valence-electron chi connectivity index (χ4n) is 4.56. The van der Waals surface area contributed by atoms with Crippen molar-refractivity contribution < 1.29 is 17.9 Å². The third-order valence-electron chi connectivity index (χ3n) is 6.51. The number of hydrogen-bond acceptors (Lipinski definition) is 7. The molecule has 0 radical (unpaired) electrons. The zero-order valence-electron chi connectivity index (χ0n) is 20.1. The molecular formula is C25H31ClN4O4S2. The predicted molar refractivity (Wildman–Crippen MR) is 142 cm³/mol. The zero-order chi connectivity index (χ0) is 25.0. The number of benzene rings is 2. The van der Waals surface area contributed by atoms with Gasteiger partial charge < -0.3 is 14.0 Å². The fourth-order valence-corrected chi connectivity index (χ4v) is 7.19. The maximum atomic E-state index is 13.2. The topological polar surface area (TPSA) is 76.9 Å². The molecule has 2 aromatic carbocycles. The van der Waals surface area contributed by atoms with Crippen molar-refractivity contribution in [3.8, 4) is 0 Å². The Bertz CT molecular complexity index is 1290. The number of aromatic nitrogens is 2.